The summed E-state index contributed by atoms with van der Waals surface area (Å²) in [6.07, 6.45) is 18.7. The number of carboxylic acid groups (broad SMARTS) is 2. The van der Waals surface area contributed by atoms with Crippen LogP contribution in [0.4, 0.5) is 0 Å². The third kappa shape index (κ3) is 19.5. The van der Waals surface area contributed by atoms with Crippen LogP contribution in [0.5, 0.6) is 0 Å². The molecule has 2 N–H and O–H groups in total. The number of rotatable bonds is 20. The first kappa shape index (κ1) is 25.9. The summed E-state index contributed by atoms with van der Waals surface area (Å²) in [5, 5.41) is 17.4. The van der Waals surface area contributed by atoms with Crippen LogP contribution < -0.4 is 0 Å². The predicted molar refractivity (Wildman–Crippen MR) is 112 cm³/mol. The summed E-state index contributed by atoms with van der Waals surface area (Å²) in [4.78, 5) is 21.1. The summed E-state index contributed by atoms with van der Waals surface area (Å²) in [6.45, 7) is 4.42. The van der Waals surface area contributed by atoms with Crippen molar-refractivity contribution in [3.05, 3.63) is 0 Å². The van der Waals surface area contributed by atoms with E-state index in [4.69, 9.17) is 10.2 Å². The molecular formula is C23H44O4. The van der Waals surface area contributed by atoms with Gasteiger partial charge in [-0.25, -0.2) is 0 Å². The van der Waals surface area contributed by atoms with Crippen molar-refractivity contribution >= 4 is 11.9 Å². The van der Waals surface area contributed by atoms with Gasteiger partial charge in [-0.05, 0) is 24.7 Å². The van der Waals surface area contributed by atoms with Crippen LogP contribution >= 0.6 is 0 Å². The summed E-state index contributed by atoms with van der Waals surface area (Å²) >= 11 is 0. The average molecular weight is 385 g/mol. The van der Waals surface area contributed by atoms with E-state index in [1.807, 2.05) is 0 Å². The fraction of sp³-hybridized carbons (Fsp3) is 0.913. The standard InChI is InChI=1S/C23H44O4/c1-20(2)21(18-19-23(26)27)16-14-12-10-8-6-4-3-5-7-9-11-13-15-17-22(24)25/h20-21H,3-19H2,1-2H3,(H,24,25)(H,26,27). The number of carbonyl (C=O) groups is 2. The lowest BCUT2D eigenvalue weighted by Gasteiger charge is -2.19. The Balaban J connectivity index is 3.32. The van der Waals surface area contributed by atoms with Crippen LogP contribution in [-0.4, -0.2) is 22.2 Å². The molecule has 0 saturated heterocycles. The number of hydrogen-bond donors (Lipinski definition) is 2. The first-order valence-electron chi connectivity index (χ1n) is 11.4. The second kappa shape index (κ2) is 18.3. The molecule has 4 heteroatoms. The second-order valence-corrected chi connectivity index (χ2v) is 8.47. The summed E-state index contributed by atoms with van der Waals surface area (Å²) in [7, 11) is 0. The van der Waals surface area contributed by atoms with Crippen molar-refractivity contribution in [2.45, 2.75) is 123 Å². The van der Waals surface area contributed by atoms with Gasteiger partial charge in [-0.15, -0.1) is 0 Å². The van der Waals surface area contributed by atoms with Gasteiger partial charge in [0.25, 0.3) is 0 Å². The van der Waals surface area contributed by atoms with Gasteiger partial charge < -0.3 is 10.2 Å². The normalized spacial score (nSPS) is 12.4. The smallest absolute Gasteiger partial charge is 0.303 e. The van der Waals surface area contributed by atoms with Crippen molar-refractivity contribution in [3.63, 3.8) is 0 Å². The van der Waals surface area contributed by atoms with Crippen LogP contribution in [-0.2, 0) is 9.59 Å². The fourth-order valence-corrected chi connectivity index (χ4v) is 3.75. The predicted octanol–water partition coefficient (Wildman–Crippen LogP) is 7.06. The van der Waals surface area contributed by atoms with Gasteiger partial charge in [-0.1, -0.05) is 97.3 Å². The largest absolute Gasteiger partial charge is 0.481 e. The summed E-state index contributed by atoms with van der Waals surface area (Å²) in [5.41, 5.74) is 0. The van der Waals surface area contributed by atoms with Crippen LogP contribution in [0, 0.1) is 11.8 Å². The van der Waals surface area contributed by atoms with Gasteiger partial charge in [0.05, 0.1) is 0 Å². The molecule has 0 aromatic rings. The van der Waals surface area contributed by atoms with Crippen LogP contribution in [0.15, 0.2) is 0 Å². The Labute approximate surface area is 167 Å². The van der Waals surface area contributed by atoms with Crippen LogP contribution in [0.3, 0.4) is 0 Å². The molecule has 0 fully saturated rings. The molecule has 1 unspecified atom stereocenters. The molecule has 4 nitrogen and oxygen atoms in total. The SMILES string of the molecule is CC(C)C(CCCCCCCCCCCCCCCC(=O)O)CCC(=O)O. The molecule has 0 radical (unpaired) electrons. The summed E-state index contributed by atoms with van der Waals surface area (Å²) in [5.74, 6) is -0.196. The molecule has 1 atom stereocenters. The minimum Gasteiger partial charge on any atom is -0.481 e. The number of carboxylic acids is 2. The van der Waals surface area contributed by atoms with Crippen LogP contribution in [0.2, 0.25) is 0 Å². The lowest BCUT2D eigenvalue weighted by atomic mass is 9.86. The molecule has 160 valence electrons. The van der Waals surface area contributed by atoms with Gasteiger partial charge in [-0.3, -0.25) is 9.59 Å². The van der Waals surface area contributed by atoms with E-state index in [1.54, 1.807) is 0 Å². The lowest BCUT2D eigenvalue weighted by molar-refractivity contribution is -0.138. The van der Waals surface area contributed by atoms with E-state index >= 15 is 0 Å². The lowest BCUT2D eigenvalue weighted by Crippen LogP contribution is -2.11. The van der Waals surface area contributed by atoms with E-state index in [-0.39, 0.29) is 0 Å². The second-order valence-electron chi connectivity index (χ2n) is 8.47. The van der Waals surface area contributed by atoms with Gasteiger partial charge in [0, 0.05) is 12.8 Å². The van der Waals surface area contributed by atoms with E-state index in [1.165, 1.54) is 77.0 Å². The maximum Gasteiger partial charge on any atom is 0.303 e. The molecule has 0 saturated carbocycles. The minimum absolute atomic E-state index is 0.311. The zero-order valence-corrected chi connectivity index (χ0v) is 17.9. The number of unbranched alkanes of at least 4 members (excludes halogenated alkanes) is 12. The van der Waals surface area contributed by atoms with Crippen LogP contribution in [0.1, 0.15) is 123 Å². The molecule has 0 aliphatic rings. The average Bonchev–Trinajstić information content (AvgIpc) is 2.59. The molecule has 27 heavy (non-hydrogen) atoms. The molecule has 0 aromatic carbocycles. The molecule has 0 rings (SSSR count). The first-order valence-corrected chi connectivity index (χ1v) is 11.4. The Bertz CT molecular complexity index is 365. The van der Waals surface area contributed by atoms with E-state index < -0.39 is 11.9 Å². The van der Waals surface area contributed by atoms with Crippen molar-refractivity contribution in [2.75, 3.05) is 0 Å². The summed E-state index contributed by atoms with van der Waals surface area (Å²) in [6, 6.07) is 0. The fourth-order valence-electron chi connectivity index (χ4n) is 3.75. The molecule has 0 aliphatic carbocycles. The molecule has 0 heterocycles. The van der Waals surface area contributed by atoms with Crippen molar-refractivity contribution in [2.24, 2.45) is 11.8 Å². The molecule has 0 aromatic heterocycles. The maximum absolute atomic E-state index is 10.7. The Morgan fingerprint density at radius 1 is 0.556 bits per heavy atom. The zero-order valence-electron chi connectivity index (χ0n) is 17.9. The molecule has 0 aliphatic heterocycles. The van der Waals surface area contributed by atoms with Crippen molar-refractivity contribution in [1.29, 1.82) is 0 Å². The van der Waals surface area contributed by atoms with Gasteiger partial charge in [-0.2, -0.15) is 0 Å². The van der Waals surface area contributed by atoms with Gasteiger partial charge in [0.15, 0.2) is 0 Å². The van der Waals surface area contributed by atoms with Crippen LogP contribution in [0.25, 0.3) is 0 Å². The number of hydrogen-bond acceptors (Lipinski definition) is 2. The quantitative estimate of drug-likeness (QED) is 0.220. The maximum atomic E-state index is 10.7. The van der Waals surface area contributed by atoms with Gasteiger partial charge >= 0.3 is 11.9 Å². The molecule has 0 amide bonds. The third-order valence-corrected chi connectivity index (χ3v) is 5.64. The van der Waals surface area contributed by atoms with E-state index in [9.17, 15) is 9.59 Å². The van der Waals surface area contributed by atoms with E-state index in [0.29, 0.717) is 24.7 Å². The molecule has 0 bridgehead atoms. The topological polar surface area (TPSA) is 74.6 Å². The highest BCUT2D eigenvalue weighted by Gasteiger charge is 2.14. The monoisotopic (exact) mass is 384 g/mol. The van der Waals surface area contributed by atoms with Crippen molar-refractivity contribution in [3.8, 4) is 0 Å². The Morgan fingerprint density at radius 2 is 0.926 bits per heavy atom. The Morgan fingerprint density at radius 3 is 1.30 bits per heavy atom. The molecular weight excluding hydrogens is 340 g/mol. The summed E-state index contributed by atoms with van der Waals surface area (Å²) < 4.78 is 0. The van der Waals surface area contributed by atoms with Gasteiger partial charge in [0.1, 0.15) is 0 Å². The first-order chi connectivity index (χ1) is 12.9. The van der Waals surface area contributed by atoms with Crippen molar-refractivity contribution in [1.82, 2.24) is 0 Å². The highest BCUT2D eigenvalue weighted by Crippen LogP contribution is 2.24. The van der Waals surface area contributed by atoms with Gasteiger partial charge in [0.2, 0.25) is 0 Å². The highest BCUT2D eigenvalue weighted by atomic mass is 16.4. The van der Waals surface area contributed by atoms with E-state index in [2.05, 4.69) is 13.8 Å². The van der Waals surface area contributed by atoms with Crippen molar-refractivity contribution < 1.29 is 19.8 Å². The van der Waals surface area contributed by atoms with E-state index in [0.717, 1.165) is 19.3 Å². The number of aliphatic carboxylic acids is 2. The zero-order chi connectivity index (χ0) is 20.3. The third-order valence-electron chi connectivity index (χ3n) is 5.64. The Hall–Kier alpha value is -1.06. The minimum atomic E-state index is -0.673. The molecule has 0 spiro atoms. The highest BCUT2D eigenvalue weighted by molar-refractivity contribution is 5.66. The Kier molecular flexibility index (Phi) is 17.6.